The van der Waals surface area contributed by atoms with Crippen LogP contribution in [0, 0.1) is 5.92 Å². The number of piperidine rings is 1. The zero-order chi connectivity index (χ0) is 14.1. The molecule has 1 aliphatic rings. The third-order valence-electron chi connectivity index (χ3n) is 4.36. The average molecular weight is 293 g/mol. The summed E-state index contributed by atoms with van der Waals surface area (Å²) < 4.78 is 2.10. The lowest BCUT2D eigenvalue weighted by molar-refractivity contribution is 0.208. The predicted molar refractivity (Wildman–Crippen MR) is 84.0 cm³/mol. The van der Waals surface area contributed by atoms with Gasteiger partial charge in [-0.2, -0.15) is 0 Å². The topological polar surface area (TPSA) is 47.1 Å². The minimum Gasteiger partial charge on any atom is -0.369 e. The van der Waals surface area contributed by atoms with Gasteiger partial charge in [0.15, 0.2) is 0 Å². The van der Waals surface area contributed by atoms with Crippen molar-refractivity contribution in [2.75, 3.05) is 25.9 Å². The van der Waals surface area contributed by atoms with E-state index in [1.54, 1.807) is 0 Å². The van der Waals surface area contributed by atoms with Crippen molar-refractivity contribution in [1.82, 2.24) is 14.5 Å². The van der Waals surface area contributed by atoms with Crippen LogP contribution in [0.1, 0.15) is 19.3 Å². The van der Waals surface area contributed by atoms with Crippen molar-refractivity contribution < 1.29 is 0 Å². The number of benzene rings is 1. The highest BCUT2D eigenvalue weighted by molar-refractivity contribution is 6.35. The van der Waals surface area contributed by atoms with E-state index < -0.39 is 0 Å². The monoisotopic (exact) mass is 292 g/mol. The fraction of sp³-hybridized carbons (Fsp3) is 0.533. The van der Waals surface area contributed by atoms with Gasteiger partial charge >= 0.3 is 0 Å². The summed E-state index contributed by atoms with van der Waals surface area (Å²) in [5.74, 6) is 1.36. The minimum absolute atomic E-state index is 0.570. The molecule has 2 N–H and O–H groups in total. The zero-order valence-electron chi connectivity index (χ0n) is 11.8. The summed E-state index contributed by atoms with van der Waals surface area (Å²) in [5.41, 5.74) is 7.90. The molecule has 1 aliphatic heterocycles. The van der Waals surface area contributed by atoms with Gasteiger partial charge in [-0.1, -0.05) is 17.7 Å². The molecule has 2 heterocycles. The maximum atomic E-state index is 6.17. The van der Waals surface area contributed by atoms with Crippen LogP contribution in [0.15, 0.2) is 18.2 Å². The summed E-state index contributed by atoms with van der Waals surface area (Å²) in [6.07, 6.45) is 3.73. The fourth-order valence-corrected chi connectivity index (χ4v) is 3.24. The van der Waals surface area contributed by atoms with E-state index in [0.717, 1.165) is 29.9 Å². The lowest BCUT2D eigenvalue weighted by atomic mass is 9.94. The highest BCUT2D eigenvalue weighted by Crippen LogP contribution is 2.27. The molecule has 1 aromatic heterocycles. The summed E-state index contributed by atoms with van der Waals surface area (Å²) in [7, 11) is 2.19. The van der Waals surface area contributed by atoms with Crippen LogP contribution in [0.4, 0.5) is 5.95 Å². The first-order chi connectivity index (χ1) is 9.65. The SMILES string of the molecule is CN1CCC(CCn2c(N)nc3c(Cl)cccc32)CC1. The van der Waals surface area contributed by atoms with E-state index in [0.29, 0.717) is 11.0 Å². The van der Waals surface area contributed by atoms with Crippen molar-refractivity contribution in [2.24, 2.45) is 5.92 Å². The number of hydrogen-bond donors (Lipinski definition) is 1. The van der Waals surface area contributed by atoms with E-state index in [4.69, 9.17) is 17.3 Å². The number of fused-ring (bicyclic) bond motifs is 1. The lowest BCUT2D eigenvalue weighted by Crippen LogP contribution is -2.30. The van der Waals surface area contributed by atoms with Gasteiger partial charge in [0.05, 0.1) is 10.5 Å². The molecule has 0 atom stereocenters. The van der Waals surface area contributed by atoms with Gasteiger partial charge in [0, 0.05) is 6.54 Å². The van der Waals surface area contributed by atoms with Gasteiger partial charge in [-0.25, -0.2) is 4.98 Å². The van der Waals surface area contributed by atoms with Crippen molar-refractivity contribution >= 4 is 28.6 Å². The van der Waals surface area contributed by atoms with Crippen molar-refractivity contribution in [3.63, 3.8) is 0 Å². The number of nitrogen functional groups attached to an aromatic ring is 1. The maximum absolute atomic E-state index is 6.17. The summed E-state index contributed by atoms with van der Waals surface area (Å²) in [5, 5.41) is 0.673. The molecule has 1 aromatic carbocycles. The second-order valence-corrected chi connectivity index (χ2v) is 6.17. The minimum atomic E-state index is 0.570. The molecule has 1 fully saturated rings. The second kappa shape index (κ2) is 5.62. The Morgan fingerprint density at radius 1 is 1.35 bits per heavy atom. The molecular weight excluding hydrogens is 272 g/mol. The molecule has 2 aromatic rings. The molecule has 5 heteroatoms. The number of aromatic nitrogens is 2. The molecule has 0 saturated carbocycles. The number of aryl methyl sites for hydroxylation is 1. The van der Waals surface area contributed by atoms with E-state index >= 15 is 0 Å². The van der Waals surface area contributed by atoms with Crippen LogP contribution in [0.25, 0.3) is 11.0 Å². The number of imidazole rings is 1. The number of nitrogens with two attached hydrogens (primary N) is 1. The summed E-state index contributed by atoms with van der Waals surface area (Å²) >= 11 is 6.17. The van der Waals surface area contributed by atoms with E-state index in [9.17, 15) is 0 Å². The largest absolute Gasteiger partial charge is 0.369 e. The zero-order valence-corrected chi connectivity index (χ0v) is 12.6. The number of rotatable bonds is 3. The van der Waals surface area contributed by atoms with Crippen molar-refractivity contribution in [2.45, 2.75) is 25.8 Å². The van der Waals surface area contributed by atoms with E-state index in [1.807, 2.05) is 18.2 Å². The quantitative estimate of drug-likeness (QED) is 0.946. The molecule has 0 amide bonds. The molecular formula is C15H21ClN4. The van der Waals surface area contributed by atoms with Crippen LogP contribution in [-0.2, 0) is 6.54 Å². The Kier molecular flexibility index (Phi) is 3.85. The van der Waals surface area contributed by atoms with Crippen LogP contribution < -0.4 is 5.73 Å². The number of anilines is 1. The Labute approximate surface area is 124 Å². The first-order valence-corrected chi connectivity index (χ1v) is 7.61. The Hall–Kier alpha value is -1.26. The van der Waals surface area contributed by atoms with Crippen molar-refractivity contribution in [3.8, 4) is 0 Å². The smallest absolute Gasteiger partial charge is 0.201 e. The fourth-order valence-electron chi connectivity index (χ4n) is 3.03. The maximum Gasteiger partial charge on any atom is 0.201 e. The van der Waals surface area contributed by atoms with Gasteiger partial charge in [-0.05, 0) is 57.5 Å². The third kappa shape index (κ3) is 2.63. The number of para-hydroxylation sites is 1. The third-order valence-corrected chi connectivity index (χ3v) is 4.66. The highest BCUT2D eigenvalue weighted by atomic mass is 35.5. The molecule has 20 heavy (non-hydrogen) atoms. The summed E-state index contributed by atoms with van der Waals surface area (Å²) in [4.78, 5) is 6.79. The Morgan fingerprint density at radius 3 is 2.85 bits per heavy atom. The summed E-state index contributed by atoms with van der Waals surface area (Å²) in [6, 6.07) is 5.86. The number of hydrogen-bond acceptors (Lipinski definition) is 3. The van der Waals surface area contributed by atoms with Gasteiger partial charge in [-0.3, -0.25) is 0 Å². The van der Waals surface area contributed by atoms with Crippen LogP contribution in [0.5, 0.6) is 0 Å². The van der Waals surface area contributed by atoms with Crippen LogP contribution >= 0.6 is 11.6 Å². The average Bonchev–Trinajstić information content (AvgIpc) is 2.76. The van der Waals surface area contributed by atoms with Crippen molar-refractivity contribution in [1.29, 1.82) is 0 Å². The highest BCUT2D eigenvalue weighted by Gasteiger charge is 2.18. The van der Waals surface area contributed by atoms with Crippen LogP contribution in [0.3, 0.4) is 0 Å². The van der Waals surface area contributed by atoms with Gasteiger partial charge in [0.1, 0.15) is 5.52 Å². The molecule has 0 radical (unpaired) electrons. The number of likely N-dealkylation sites (tertiary alicyclic amines) is 1. The first kappa shape index (κ1) is 13.7. The Balaban J connectivity index is 1.74. The van der Waals surface area contributed by atoms with Gasteiger partial charge < -0.3 is 15.2 Å². The second-order valence-electron chi connectivity index (χ2n) is 5.76. The Morgan fingerprint density at radius 2 is 2.10 bits per heavy atom. The molecule has 108 valence electrons. The van der Waals surface area contributed by atoms with Gasteiger partial charge in [0.2, 0.25) is 5.95 Å². The van der Waals surface area contributed by atoms with Crippen molar-refractivity contribution in [3.05, 3.63) is 23.2 Å². The molecule has 0 spiro atoms. The van der Waals surface area contributed by atoms with Gasteiger partial charge in [-0.15, -0.1) is 0 Å². The van der Waals surface area contributed by atoms with Crippen LogP contribution in [0.2, 0.25) is 5.02 Å². The normalized spacial score (nSPS) is 17.9. The number of halogens is 1. The van der Waals surface area contributed by atoms with Crippen LogP contribution in [-0.4, -0.2) is 34.6 Å². The number of nitrogens with zero attached hydrogens (tertiary/aromatic N) is 3. The van der Waals surface area contributed by atoms with Gasteiger partial charge in [0.25, 0.3) is 0 Å². The molecule has 0 unspecified atom stereocenters. The predicted octanol–water partition coefficient (Wildman–Crippen LogP) is 3.00. The first-order valence-electron chi connectivity index (χ1n) is 7.24. The molecule has 4 nitrogen and oxygen atoms in total. The molecule has 0 aliphatic carbocycles. The van der Waals surface area contributed by atoms with E-state index in [1.165, 1.54) is 25.9 Å². The Bertz CT molecular complexity index is 599. The lowest BCUT2D eigenvalue weighted by Gasteiger charge is -2.29. The molecule has 1 saturated heterocycles. The van der Waals surface area contributed by atoms with E-state index in [-0.39, 0.29) is 0 Å². The standard InChI is InChI=1S/C15H21ClN4/c1-19-8-5-11(6-9-19)7-10-20-13-4-2-3-12(16)14(13)18-15(20)17/h2-4,11H,5-10H2,1H3,(H2,17,18). The molecule has 0 bridgehead atoms. The summed E-state index contributed by atoms with van der Waals surface area (Å²) in [6.45, 7) is 3.34. The molecule has 3 rings (SSSR count). The van der Waals surface area contributed by atoms with E-state index in [2.05, 4.69) is 21.5 Å².